The van der Waals surface area contributed by atoms with Gasteiger partial charge in [0.1, 0.15) is 5.82 Å². The Morgan fingerprint density at radius 1 is 1.08 bits per heavy atom. The van der Waals surface area contributed by atoms with E-state index in [9.17, 15) is 4.79 Å². The zero-order chi connectivity index (χ0) is 18.4. The molecule has 3 N–H and O–H groups in total. The number of nitrogens with one attached hydrogen (secondary N) is 3. The average Bonchev–Trinajstić information content (AvgIpc) is 3.15. The molecule has 2 heterocycles. The summed E-state index contributed by atoms with van der Waals surface area (Å²) >= 11 is 1.51. The fraction of sp³-hybridized carbons (Fsp3) is 0.211. The monoisotopic (exact) mass is 367 g/mol. The molecular weight excluding hydrogens is 346 g/mol. The first-order chi connectivity index (χ1) is 12.6. The SMILES string of the molecule is Cc1ccc(Nc2cc(C)nc(NCCNC(=O)c3ccsc3)n2)cc1. The highest BCUT2D eigenvalue weighted by molar-refractivity contribution is 7.08. The summed E-state index contributed by atoms with van der Waals surface area (Å²) in [5.41, 5.74) is 3.73. The van der Waals surface area contributed by atoms with Crippen molar-refractivity contribution in [3.63, 3.8) is 0 Å². The van der Waals surface area contributed by atoms with E-state index < -0.39 is 0 Å². The van der Waals surface area contributed by atoms with E-state index >= 15 is 0 Å². The van der Waals surface area contributed by atoms with Crippen LogP contribution in [0.1, 0.15) is 21.6 Å². The van der Waals surface area contributed by atoms with Crippen molar-refractivity contribution in [1.29, 1.82) is 0 Å². The third-order valence-electron chi connectivity index (χ3n) is 3.66. The minimum Gasteiger partial charge on any atom is -0.352 e. The number of anilines is 3. The summed E-state index contributed by atoms with van der Waals surface area (Å²) in [5, 5.41) is 13.0. The molecule has 3 aromatic rings. The standard InChI is InChI=1S/C19H21N5OS/c1-13-3-5-16(6-4-13)23-17-11-14(2)22-19(24-17)21-9-8-20-18(25)15-7-10-26-12-15/h3-7,10-12H,8-9H2,1-2H3,(H,20,25)(H2,21,22,23,24). The molecular formula is C19H21N5OS. The Labute approximate surface area is 156 Å². The number of carbonyl (C=O) groups is 1. The van der Waals surface area contributed by atoms with Gasteiger partial charge in [0.05, 0.1) is 0 Å². The molecule has 26 heavy (non-hydrogen) atoms. The van der Waals surface area contributed by atoms with Crippen LogP contribution in [0.15, 0.2) is 47.2 Å². The molecule has 0 aliphatic heterocycles. The summed E-state index contributed by atoms with van der Waals surface area (Å²) in [6, 6.07) is 11.8. The number of carbonyl (C=O) groups excluding carboxylic acids is 1. The second-order valence-corrected chi connectivity index (χ2v) is 6.68. The first-order valence-electron chi connectivity index (χ1n) is 8.34. The largest absolute Gasteiger partial charge is 0.352 e. The molecule has 3 rings (SSSR count). The van der Waals surface area contributed by atoms with Gasteiger partial charge in [0.2, 0.25) is 5.95 Å². The van der Waals surface area contributed by atoms with Crippen molar-refractivity contribution >= 4 is 34.7 Å². The maximum atomic E-state index is 11.9. The van der Waals surface area contributed by atoms with Crippen LogP contribution in [0.3, 0.4) is 0 Å². The van der Waals surface area contributed by atoms with Gasteiger partial charge in [0.15, 0.2) is 0 Å². The van der Waals surface area contributed by atoms with E-state index in [1.54, 1.807) is 6.07 Å². The lowest BCUT2D eigenvalue weighted by Gasteiger charge is -2.10. The van der Waals surface area contributed by atoms with Crippen molar-refractivity contribution in [2.45, 2.75) is 13.8 Å². The van der Waals surface area contributed by atoms with Crippen LogP contribution in [0.4, 0.5) is 17.5 Å². The summed E-state index contributed by atoms with van der Waals surface area (Å²) in [7, 11) is 0. The highest BCUT2D eigenvalue weighted by Crippen LogP contribution is 2.17. The van der Waals surface area contributed by atoms with Gasteiger partial charge in [-0.2, -0.15) is 16.3 Å². The highest BCUT2D eigenvalue weighted by atomic mass is 32.1. The number of rotatable bonds is 7. The summed E-state index contributed by atoms with van der Waals surface area (Å²) in [4.78, 5) is 20.7. The number of hydrogen-bond donors (Lipinski definition) is 3. The fourth-order valence-electron chi connectivity index (χ4n) is 2.34. The number of thiophene rings is 1. The predicted octanol–water partition coefficient (Wildman–Crippen LogP) is 3.74. The minimum atomic E-state index is -0.0695. The van der Waals surface area contributed by atoms with Gasteiger partial charge in [-0.25, -0.2) is 4.98 Å². The first-order valence-corrected chi connectivity index (χ1v) is 9.28. The number of aryl methyl sites for hydroxylation is 2. The van der Waals surface area contributed by atoms with Gasteiger partial charge in [0, 0.05) is 41.5 Å². The smallest absolute Gasteiger partial charge is 0.252 e. The van der Waals surface area contributed by atoms with Gasteiger partial charge in [-0.3, -0.25) is 4.79 Å². The number of benzene rings is 1. The number of hydrogen-bond acceptors (Lipinski definition) is 6. The number of nitrogens with zero attached hydrogens (tertiary/aromatic N) is 2. The predicted molar refractivity (Wildman–Crippen MR) is 106 cm³/mol. The van der Waals surface area contributed by atoms with E-state index in [1.807, 2.05) is 48.0 Å². The van der Waals surface area contributed by atoms with Crippen molar-refractivity contribution in [1.82, 2.24) is 15.3 Å². The third-order valence-corrected chi connectivity index (χ3v) is 4.34. The molecule has 134 valence electrons. The van der Waals surface area contributed by atoms with Gasteiger partial charge in [-0.15, -0.1) is 0 Å². The molecule has 0 saturated heterocycles. The lowest BCUT2D eigenvalue weighted by Crippen LogP contribution is -2.28. The summed E-state index contributed by atoms with van der Waals surface area (Å²) < 4.78 is 0. The van der Waals surface area contributed by atoms with Crippen LogP contribution in [0.25, 0.3) is 0 Å². The fourth-order valence-corrected chi connectivity index (χ4v) is 2.98. The molecule has 0 aliphatic carbocycles. The molecule has 0 atom stereocenters. The normalized spacial score (nSPS) is 10.4. The summed E-state index contributed by atoms with van der Waals surface area (Å²) in [5.74, 6) is 1.19. The summed E-state index contributed by atoms with van der Waals surface area (Å²) in [6.45, 7) is 5.01. The van der Waals surface area contributed by atoms with Crippen LogP contribution < -0.4 is 16.0 Å². The van der Waals surface area contributed by atoms with Gasteiger partial charge in [0.25, 0.3) is 5.91 Å². The van der Waals surface area contributed by atoms with Crippen LogP contribution >= 0.6 is 11.3 Å². The average molecular weight is 367 g/mol. The Morgan fingerprint density at radius 3 is 2.62 bits per heavy atom. The van der Waals surface area contributed by atoms with Crippen LogP contribution in [-0.2, 0) is 0 Å². The molecule has 6 nitrogen and oxygen atoms in total. The molecule has 0 saturated carbocycles. The zero-order valence-corrected chi connectivity index (χ0v) is 15.6. The first kappa shape index (κ1) is 17.9. The maximum absolute atomic E-state index is 11.9. The molecule has 0 aliphatic rings. The lowest BCUT2D eigenvalue weighted by atomic mass is 10.2. The second kappa shape index (κ2) is 8.44. The molecule has 0 unspecified atom stereocenters. The molecule has 2 aromatic heterocycles. The quantitative estimate of drug-likeness (QED) is 0.555. The van der Waals surface area contributed by atoms with Crippen molar-refractivity contribution in [3.8, 4) is 0 Å². The van der Waals surface area contributed by atoms with Crippen molar-refractivity contribution < 1.29 is 4.79 Å². The van der Waals surface area contributed by atoms with Gasteiger partial charge < -0.3 is 16.0 Å². The Bertz CT molecular complexity index is 862. The van der Waals surface area contributed by atoms with E-state index in [1.165, 1.54) is 16.9 Å². The van der Waals surface area contributed by atoms with Gasteiger partial charge in [-0.1, -0.05) is 17.7 Å². The van der Waals surface area contributed by atoms with E-state index in [-0.39, 0.29) is 5.91 Å². The minimum absolute atomic E-state index is 0.0695. The van der Waals surface area contributed by atoms with Gasteiger partial charge in [-0.05, 0) is 37.4 Å². The third kappa shape index (κ3) is 5.03. The van der Waals surface area contributed by atoms with Crippen molar-refractivity contribution in [2.24, 2.45) is 0 Å². The number of amides is 1. The Morgan fingerprint density at radius 2 is 1.88 bits per heavy atom. The molecule has 7 heteroatoms. The second-order valence-electron chi connectivity index (χ2n) is 5.90. The van der Waals surface area contributed by atoms with E-state index in [4.69, 9.17) is 0 Å². The Kier molecular flexibility index (Phi) is 5.80. The van der Waals surface area contributed by atoms with Crippen molar-refractivity contribution in [2.75, 3.05) is 23.7 Å². The molecule has 0 fully saturated rings. The Balaban J connectivity index is 1.54. The highest BCUT2D eigenvalue weighted by Gasteiger charge is 2.05. The van der Waals surface area contributed by atoms with Gasteiger partial charge >= 0.3 is 0 Å². The number of aromatic nitrogens is 2. The molecule has 0 bridgehead atoms. The molecule has 0 radical (unpaired) electrons. The maximum Gasteiger partial charge on any atom is 0.252 e. The molecule has 1 aromatic carbocycles. The van der Waals surface area contributed by atoms with Crippen LogP contribution in [0.2, 0.25) is 0 Å². The molecule has 0 spiro atoms. The van der Waals surface area contributed by atoms with E-state index in [2.05, 4.69) is 32.8 Å². The lowest BCUT2D eigenvalue weighted by molar-refractivity contribution is 0.0955. The van der Waals surface area contributed by atoms with E-state index in [0.717, 1.165) is 17.2 Å². The van der Waals surface area contributed by atoms with Crippen LogP contribution in [0.5, 0.6) is 0 Å². The van der Waals surface area contributed by atoms with E-state index in [0.29, 0.717) is 24.6 Å². The zero-order valence-electron chi connectivity index (χ0n) is 14.7. The Hall–Kier alpha value is -2.93. The van der Waals surface area contributed by atoms with Crippen LogP contribution in [0, 0.1) is 13.8 Å². The molecule has 1 amide bonds. The topological polar surface area (TPSA) is 78.9 Å². The van der Waals surface area contributed by atoms with Crippen LogP contribution in [-0.4, -0.2) is 29.0 Å². The summed E-state index contributed by atoms with van der Waals surface area (Å²) in [6.07, 6.45) is 0. The van der Waals surface area contributed by atoms with Crippen molar-refractivity contribution in [3.05, 3.63) is 64.0 Å².